The second-order valence-corrected chi connectivity index (χ2v) is 9.55. The fraction of sp³-hybridized carbons (Fsp3) is 0.286. The third kappa shape index (κ3) is 5.33. The van der Waals surface area contributed by atoms with Gasteiger partial charge in [0, 0.05) is 5.56 Å². The van der Waals surface area contributed by atoms with Crippen LogP contribution in [0.5, 0.6) is 11.5 Å². The molecule has 5 nitrogen and oxygen atoms in total. The van der Waals surface area contributed by atoms with Gasteiger partial charge in [0.1, 0.15) is 22.5 Å². The summed E-state index contributed by atoms with van der Waals surface area (Å²) in [5.41, 5.74) is 0.958. The van der Waals surface area contributed by atoms with Crippen molar-refractivity contribution in [2.75, 3.05) is 0 Å². The van der Waals surface area contributed by atoms with Crippen molar-refractivity contribution >= 4 is 15.9 Å². The Balaban J connectivity index is 2.57. The number of aromatic hydroxyl groups is 1. The maximum absolute atomic E-state index is 12.8. The van der Waals surface area contributed by atoms with E-state index >= 15 is 0 Å². The van der Waals surface area contributed by atoms with E-state index in [9.17, 15) is 32.0 Å². The predicted octanol–water partition coefficient (Wildman–Crippen LogP) is 5.24. The number of nitriles is 1. The van der Waals surface area contributed by atoms with Crippen molar-refractivity contribution in [1.82, 2.24) is 0 Å². The predicted molar refractivity (Wildman–Crippen MR) is 105 cm³/mol. The number of allylic oxidation sites excluding steroid dienone is 1. The number of ether oxygens (including phenoxy) is 1. The van der Waals surface area contributed by atoms with Gasteiger partial charge in [-0.15, -0.1) is 13.2 Å². The van der Waals surface area contributed by atoms with E-state index in [0.717, 1.165) is 24.3 Å². The lowest BCUT2D eigenvalue weighted by Gasteiger charge is -2.22. The van der Waals surface area contributed by atoms with Gasteiger partial charge >= 0.3 is 6.36 Å². The number of hydrogen-bond donors (Lipinski definition) is 1. The van der Waals surface area contributed by atoms with Crippen LogP contribution >= 0.6 is 0 Å². The zero-order chi connectivity index (χ0) is 22.9. The third-order valence-electron chi connectivity index (χ3n) is 4.18. The zero-order valence-electron chi connectivity index (χ0n) is 16.7. The van der Waals surface area contributed by atoms with E-state index in [-0.39, 0.29) is 5.75 Å². The standard InChI is InChI=1S/C21H20F3NO4S/c1-13-8-14(10-18(19(13)26)20(2,3)4)9-17(12-25)30(27,28)16-7-5-6-15(11-16)29-21(22,23)24/h5-11,26H,1-4H3/b17-9-. The van der Waals surface area contributed by atoms with E-state index in [2.05, 4.69) is 4.74 Å². The quantitative estimate of drug-likeness (QED) is 0.659. The van der Waals surface area contributed by atoms with Gasteiger partial charge in [0.05, 0.1) is 4.90 Å². The van der Waals surface area contributed by atoms with Crippen molar-refractivity contribution in [3.05, 3.63) is 58.0 Å². The van der Waals surface area contributed by atoms with Gasteiger partial charge in [0.2, 0.25) is 9.84 Å². The van der Waals surface area contributed by atoms with E-state index in [4.69, 9.17) is 0 Å². The minimum Gasteiger partial charge on any atom is -0.507 e. The molecule has 0 atom stereocenters. The Morgan fingerprint density at radius 2 is 1.80 bits per heavy atom. The molecule has 0 aliphatic rings. The Labute approximate surface area is 173 Å². The Bertz CT molecular complexity index is 1140. The van der Waals surface area contributed by atoms with Crippen molar-refractivity contribution < 1.29 is 31.4 Å². The minimum atomic E-state index is -4.98. The van der Waals surface area contributed by atoms with Gasteiger partial charge in [-0.05, 0) is 59.9 Å². The summed E-state index contributed by atoms with van der Waals surface area (Å²) >= 11 is 0. The van der Waals surface area contributed by atoms with Crippen molar-refractivity contribution in [3.63, 3.8) is 0 Å². The van der Waals surface area contributed by atoms with Gasteiger partial charge in [-0.25, -0.2) is 8.42 Å². The summed E-state index contributed by atoms with van der Waals surface area (Å²) in [4.78, 5) is -1.17. The zero-order valence-corrected chi connectivity index (χ0v) is 17.5. The molecule has 0 aromatic heterocycles. The summed E-state index contributed by atoms with van der Waals surface area (Å²) in [5.74, 6) is -0.644. The highest BCUT2D eigenvalue weighted by Gasteiger charge is 2.32. The number of hydrogen-bond acceptors (Lipinski definition) is 5. The topological polar surface area (TPSA) is 87.4 Å². The summed E-state index contributed by atoms with van der Waals surface area (Å²) in [6, 6.07) is 8.51. The van der Waals surface area contributed by atoms with Crippen LogP contribution in [-0.2, 0) is 15.3 Å². The number of nitrogens with zero attached hydrogens (tertiary/aromatic N) is 1. The monoisotopic (exact) mass is 439 g/mol. The highest BCUT2D eigenvalue weighted by Crippen LogP contribution is 2.35. The molecule has 2 rings (SSSR count). The summed E-state index contributed by atoms with van der Waals surface area (Å²) in [6.45, 7) is 7.23. The van der Waals surface area contributed by atoms with Crippen molar-refractivity contribution in [3.8, 4) is 17.6 Å². The molecular weight excluding hydrogens is 419 g/mol. The Hall–Kier alpha value is -2.99. The lowest BCUT2D eigenvalue weighted by atomic mass is 9.84. The van der Waals surface area contributed by atoms with Crippen LogP contribution in [-0.4, -0.2) is 19.9 Å². The fourth-order valence-corrected chi connectivity index (χ4v) is 3.94. The number of rotatable bonds is 4. The number of aryl methyl sites for hydroxylation is 1. The van der Waals surface area contributed by atoms with Crippen LogP contribution in [0.2, 0.25) is 0 Å². The SMILES string of the molecule is Cc1cc(/C=C(/C#N)S(=O)(=O)c2cccc(OC(F)(F)F)c2)cc(C(C)(C)C)c1O. The van der Waals surface area contributed by atoms with Crippen LogP contribution in [0.1, 0.15) is 37.5 Å². The van der Waals surface area contributed by atoms with E-state index in [1.165, 1.54) is 6.07 Å². The molecule has 9 heteroatoms. The lowest BCUT2D eigenvalue weighted by molar-refractivity contribution is -0.274. The van der Waals surface area contributed by atoms with Crippen LogP contribution in [0.25, 0.3) is 6.08 Å². The summed E-state index contributed by atoms with van der Waals surface area (Å²) in [7, 11) is -4.41. The normalized spacial score (nSPS) is 13.1. The van der Waals surface area contributed by atoms with Crippen LogP contribution in [0.3, 0.4) is 0 Å². The maximum Gasteiger partial charge on any atom is 0.573 e. The van der Waals surface area contributed by atoms with Crippen LogP contribution in [0.15, 0.2) is 46.2 Å². The van der Waals surface area contributed by atoms with Gasteiger partial charge in [-0.2, -0.15) is 5.26 Å². The van der Waals surface area contributed by atoms with E-state index < -0.39 is 37.2 Å². The number of phenolic OH excluding ortho intramolecular Hbond substituents is 1. The molecule has 160 valence electrons. The molecular formula is C21H20F3NO4S. The van der Waals surface area contributed by atoms with Crippen molar-refractivity contribution in [2.45, 2.75) is 44.4 Å². The van der Waals surface area contributed by atoms with E-state index in [0.29, 0.717) is 22.8 Å². The Kier molecular flexibility index (Phi) is 6.23. The molecule has 0 heterocycles. The average molecular weight is 439 g/mol. The molecule has 0 saturated heterocycles. The fourth-order valence-electron chi connectivity index (χ4n) is 2.75. The molecule has 0 bridgehead atoms. The van der Waals surface area contributed by atoms with Gasteiger partial charge in [-0.3, -0.25) is 0 Å². The molecule has 0 spiro atoms. The summed E-state index contributed by atoms with van der Waals surface area (Å²) < 4.78 is 66.7. The molecule has 0 aliphatic heterocycles. The Morgan fingerprint density at radius 1 is 1.17 bits per heavy atom. The molecule has 1 N–H and O–H groups in total. The van der Waals surface area contributed by atoms with Gasteiger partial charge < -0.3 is 9.84 Å². The molecule has 0 aliphatic carbocycles. The first-order chi connectivity index (χ1) is 13.6. The second-order valence-electron chi connectivity index (χ2n) is 7.63. The number of phenols is 1. The summed E-state index contributed by atoms with van der Waals surface area (Å²) in [5, 5.41) is 19.7. The minimum absolute atomic E-state index is 0.0676. The molecule has 0 saturated carbocycles. The number of sulfone groups is 1. The molecule has 30 heavy (non-hydrogen) atoms. The molecule has 2 aromatic rings. The first-order valence-electron chi connectivity index (χ1n) is 8.72. The Morgan fingerprint density at radius 3 is 2.33 bits per heavy atom. The van der Waals surface area contributed by atoms with Crippen molar-refractivity contribution in [1.29, 1.82) is 5.26 Å². The summed E-state index contributed by atoms with van der Waals surface area (Å²) in [6.07, 6.45) is -3.86. The first-order valence-corrected chi connectivity index (χ1v) is 10.2. The molecule has 0 fully saturated rings. The smallest absolute Gasteiger partial charge is 0.507 e. The van der Waals surface area contributed by atoms with Crippen molar-refractivity contribution in [2.24, 2.45) is 0 Å². The van der Waals surface area contributed by atoms with Gasteiger partial charge in [-0.1, -0.05) is 26.8 Å². The number of alkyl halides is 3. The van der Waals surface area contributed by atoms with Crippen LogP contribution in [0, 0.1) is 18.3 Å². The number of halogens is 3. The molecule has 2 aromatic carbocycles. The maximum atomic E-state index is 12.8. The molecule has 0 unspecified atom stereocenters. The highest BCUT2D eigenvalue weighted by atomic mass is 32.2. The van der Waals surface area contributed by atoms with Gasteiger partial charge in [0.15, 0.2) is 0 Å². The third-order valence-corrected chi connectivity index (χ3v) is 5.84. The first kappa shape index (κ1) is 23.3. The average Bonchev–Trinajstić information content (AvgIpc) is 2.60. The lowest BCUT2D eigenvalue weighted by Crippen LogP contribution is -2.17. The largest absolute Gasteiger partial charge is 0.573 e. The molecule has 0 radical (unpaired) electrons. The number of benzene rings is 2. The van der Waals surface area contributed by atoms with E-state index in [1.54, 1.807) is 19.1 Å². The van der Waals surface area contributed by atoms with E-state index in [1.807, 2.05) is 20.8 Å². The highest BCUT2D eigenvalue weighted by molar-refractivity contribution is 7.95. The molecule has 0 amide bonds. The van der Waals surface area contributed by atoms with Gasteiger partial charge in [0.25, 0.3) is 0 Å². The van der Waals surface area contributed by atoms with Crippen LogP contribution < -0.4 is 4.74 Å². The van der Waals surface area contributed by atoms with Crippen LogP contribution in [0.4, 0.5) is 13.2 Å². The second kappa shape index (κ2) is 8.03.